The number of hydrogen-bond donors (Lipinski definition) is 2. The van der Waals surface area contributed by atoms with Gasteiger partial charge in [0.2, 0.25) is 0 Å². The highest BCUT2D eigenvalue weighted by molar-refractivity contribution is 5.31. The van der Waals surface area contributed by atoms with Gasteiger partial charge < -0.3 is 14.9 Å². The molecule has 1 aromatic rings. The molecule has 2 N–H and O–H groups in total. The molecule has 0 aliphatic heterocycles. The molecule has 0 aromatic heterocycles. The van der Waals surface area contributed by atoms with Gasteiger partial charge in [-0.25, -0.2) is 0 Å². The second-order valence-electron chi connectivity index (χ2n) is 2.88. The Kier molecular flexibility index (Phi) is 5.04. The molecular weight excluding hydrogens is 180 g/mol. The summed E-state index contributed by atoms with van der Waals surface area (Å²) in [7, 11) is 0. The molecule has 0 heterocycles. The molecule has 0 fully saturated rings. The summed E-state index contributed by atoms with van der Waals surface area (Å²) in [6.07, 6.45) is 2.36. The highest BCUT2D eigenvalue weighted by Crippen LogP contribution is 2.13. The summed E-state index contributed by atoms with van der Waals surface area (Å²) in [5, 5.41) is 17.2. The van der Waals surface area contributed by atoms with Crippen LogP contribution in [0.2, 0.25) is 0 Å². The van der Waals surface area contributed by atoms with Crippen LogP contribution in [-0.2, 0) is 0 Å². The molecule has 0 saturated heterocycles. The fourth-order valence-corrected chi connectivity index (χ4v) is 1.06. The molecule has 0 amide bonds. The van der Waals surface area contributed by atoms with Crippen LogP contribution in [0.1, 0.15) is 12.0 Å². The second kappa shape index (κ2) is 6.40. The SMILES string of the molecule is OC[CH]c1ccc(OCCCO)cc1. The maximum absolute atomic E-state index is 8.65. The summed E-state index contributed by atoms with van der Waals surface area (Å²) < 4.78 is 5.34. The van der Waals surface area contributed by atoms with E-state index in [-0.39, 0.29) is 13.2 Å². The monoisotopic (exact) mass is 195 g/mol. The molecule has 0 aliphatic carbocycles. The smallest absolute Gasteiger partial charge is 0.119 e. The third-order valence-electron chi connectivity index (χ3n) is 1.78. The van der Waals surface area contributed by atoms with Crippen LogP contribution in [0.25, 0.3) is 0 Å². The number of hydrogen-bond acceptors (Lipinski definition) is 3. The molecule has 0 atom stereocenters. The molecule has 1 radical (unpaired) electrons. The molecule has 14 heavy (non-hydrogen) atoms. The van der Waals surface area contributed by atoms with Gasteiger partial charge in [-0.2, -0.15) is 0 Å². The molecule has 0 aliphatic rings. The van der Waals surface area contributed by atoms with E-state index in [9.17, 15) is 0 Å². The molecule has 3 heteroatoms. The first-order valence-corrected chi connectivity index (χ1v) is 4.64. The Morgan fingerprint density at radius 1 is 1.14 bits per heavy atom. The van der Waals surface area contributed by atoms with E-state index in [1.54, 1.807) is 6.42 Å². The van der Waals surface area contributed by atoms with E-state index in [0.29, 0.717) is 13.0 Å². The third kappa shape index (κ3) is 3.77. The number of aliphatic hydroxyl groups is 2. The Bertz CT molecular complexity index is 243. The Labute approximate surface area is 84.0 Å². The van der Waals surface area contributed by atoms with Crippen LogP contribution in [0.4, 0.5) is 0 Å². The number of benzene rings is 1. The Hall–Kier alpha value is -1.06. The lowest BCUT2D eigenvalue weighted by Gasteiger charge is -2.05. The standard InChI is InChI=1S/C11H15O3/c12-7-1-9-14-11-4-2-10(3-5-11)6-8-13/h2-6,12-13H,1,7-9H2. The second-order valence-corrected chi connectivity index (χ2v) is 2.88. The van der Waals surface area contributed by atoms with Crippen LogP contribution < -0.4 is 4.74 Å². The minimum atomic E-state index is 0.0463. The summed E-state index contributed by atoms with van der Waals surface area (Å²) in [4.78, 5) is 0. The van der Waals surface area contributed by atoms with Crippen molar-refractivity contribution in [2.24, 2.45) is 0 Å². The fourth-order valence-electron chi connectivity index (χ4n) is 1.06. The summed E-state index contributed by atoms with van der Waals surface area (Å²) in [6, 6.07) is 7.45. The first-order valence-electron chi connectivity index (χ1n) is 4.64. The minimum Gasteiger partial charge on any atom is -0.494 e. The van der Waals surface area contributed by atoms with Crippen LogP contribution in [0.15, 0.2) is 24.3 Å². The van der Waals surface area contributed by atoms with Crippen LogP contribution in [0.5, 0.6) is 5.75 Å². The number of aliphatic hydroxyl groups excluding tert-OH is 2. The predicted octanol–water partition coefficient (Wildman–Crippen LogP) is 0.992. The first kappa shape index (κ1) is 11.0. The average Bonchev–Trinajstić information content (AvgIpc) is 2.21. The molecule has 0 spiro atoms. The van der Waals surface area contributed by atoms with Gasteiger partial charge in [0.15, 0.2) is 0 Å². The van der Waals surface area contributed by atoms with Crippen molar-refractivity contribution in [1.82, 2.24) is 0 Å². The van der Waals surface area contributed by atoms with Crippen molar-refractivity contribution in [2.75, 3.05) is 19.8 Å². The normalized spacial score (nSPS) is 10.1. The molecular formula is C11H15O3. The largest absolute Gasteiger partial charge is 0.494 e. The van der Waals surface area contributed by atoms with E-state index < -0.39 is 0 Å². The number of rotatable bonds is 6. The van der Waals surface area contributed by atoms with Gasteiger partial charge in [-0.1, -0.05) is 12.1 Å². The van der Waals surface area contributed by atoms with Crippen LogP contribution in [0.3, 0.4) is 0 Å². The van der Waals surface area contributed by atoms with Crippen molar-refractivity contribution in [3.05, 3.63) is 36.2 Å². The van der Waals surface area contributed by atoms with Gasteiger partial charge in [-0.3, -0.25) is 0 Å². The molecule has 0 bridgehead atoms. The zero-order valence-electron chi connectivity index (χ0n) is 8.02. The summed E-state index contributed by atoms with van der Waals surface area (Å²) in [5.74, 6) is 0.786. The van der Waals surface area contributed by atoms with Gasteiger partial charge in [0.25, 0.3) is 0 Å². The lowest BCUT2D eigenvalue weighted by atomic mass is 10.1. The Morgan fingerprint density at radius 2 is 1.86 bits per heavy atom. The molecule has 77 valence electrons. The average molecular weight is 195 g/mol. The highest BCUT2D eigenvalue weighted by Gasteiger charge is 1.95. The zero-order valence-corrected chi connectivity index (χ0v) is 8.02. The van der Waals surface area contributed by atoms with Gasteiger partial charge in [0.05, 0.1) is 13.2 Å². The van der Waals surface area contributed by atoms with Gasteiger partial charge in [0.1, 0.15) is 5.75 Å². The summed E-state index contributed by atoms with van der Waals surface area (Å²) in [6.45, 7) is 0.723. The van der Waals surface area contributed by atoms with Crippen LogP contribution in [-0.4, -0.2) is 30.0 Å². The van der Waals surface area contributed by atoms with Crippen LogP contribution in [0, 0.1) is 6.42 Å². The maximum atomic E-state index is 8.65. The first-order chi connectivity index (χ1) is 6.86. The van der Waals surface area contributed by atoms with Gasteiger partial charge >= 0.3 is 0 Å². The van der Waals surface area contributed by atoms with Crippen molar-refractivity contribution < 1.29 is 14.9 Å². The van der Waals surface area contributed by atoms with Crippen molar-refractivity contribution in [3.63, 3.8) is 0 Å². The predicted molar refractivity (Wildman–Crippen MR) is 54.1 cm³/mol. The molecule has 1 rings (SSSR count). The van der Waals surface area contributed by atoms with E-state index in [0.717, 1.165) is 11.3 Å². The Balaban J connectivity index is 2.38. The van der Waals surface area contributed by atoms with Crippen molar-refractivity contribution in [3.8, 4) is 5.75 Å². The fraction of sp³-hybridized carbons (Fsp3) is 0.364. The lowest BCUT2D eigenvalue weighted by Crippen LogP contribution is -1.99. The Morgan fingerprint density at radius 3 is 2.43 bits per heavy atom. The van der Waals surface area contributed by atoms with E-state index in [1.807, 2.05) is 24.3 Å². The van der Waals surface area contributed by atoms with E-state index in [2.05, 4.69) is 0 Å². The van der Waals surface area contributed by atoms with Gasteiger partial charge in [-0.05, 0) is 17.7 Å². The van der Waals surface area contributed by atoms with Crippen molar-refractivity contribution in [2.45, 2.75) is 6.42 Å². The van der Waals surface area contributed by atoms with E-state index in [1.165, 1.54) is 0 Å². The zero-order chi connectivity index (χ0) is 10.2. The summed E-state index contributed by atoms with van der Waals surface area (Å²) in [5.41, 5.74) is 0.974. The maximum Gasteiger partial charge on any atom is 0.119 e. The van der Waals surface area contributed by atoms with E-state index >= 15 is 0 Å². The van der Waals surface area contributed by atoms with Gasteiger partial charge in [0, 0.05) is 19.4 Å². The molecule has 0 saturated carbocycles. The number of ether oxygens (including phenoxy) is 1. The van der Waals surface area contributed by atoms with E-state index in [4.69, 9.17) is 14.9 Å². The topological polar surface area (TPSA) is 49.7 Å². The third-order valence-corrected chi connectivity index (χ3v) is 1.78. The quantitative estimate of drug-likeness (QED) is 0.665. The summed E-state index contributed by atoms with van der Waals surface area (Å²) >= 11 is 0. The minimum absolute atomic E-state index is 0.0463. The van der Waals surface area contributed by atoms with Crippen LogP contribution >= 0.6 is 0 Å². The molecule has 3 nitrogen and oxygen atoms in total. The van der Waals surface area contributed by atoms with Crippen molar-refractivity contribution in [1.29, 1.82) is 0 Å². The molecule has 0 unspecified atom stereocenters. The van der Waals surface area contributed by atoms with Crippen molar-refractivity contribution >= 4 is 0 Å². The highest BCUT2D eigenvalue weighted by atomic mass is 16.5. The molecule has 1 aromatic carbocycles. The lowest BCUT2D eigenvalue weighted by molar-refractivity contribution is 0.233. The van der Waals surface area contributed by atoms with Gasteiger partial charge in [-0.15, -0.1) is 0 Å².